The van der Waals surface area contributed by atoms with E-state index in [-0.39, 0.29) is 23.3 Å². The molecule has 1 fully saturated rings. The van der Waals surface area contributed by atoms with E-state index in [1.54, 1.807) is 52.4 Å². The quantitative estimate of drug-likeness (QED) is 0.555. The molecule has 1 N–H and O–H groups in total. The highest BCUT2D eigenvalue weighted by molar-refractivity contribution is 7.92. The number of nitrogens with zero attached hydrogens (tertiary/aromatic N) is 2. The lowest BCUT2D eigenvalue weighted by Gasteiger charge is -2.42. The number of nitrogens with one attached hydrogen (secondary N) is 1. The number of pyridine rings is 1. The topological polar surface area (TPSA) is 106 Å². The average Bonchev–Trinajstić information content (AvgIpc) is 3.32. The zero-order valence-corrected chi connectivity index (χ0v) is 20.1. The largest absolute Gasteiger partial charge is 0.310 e. The molecule has 1 aromatic carbocycles. The first kappa shape index (κ1) is 22.3. The Balaban J connectivity index is 1.40. The molecule has 2 aliphatic heterocycles. The Morgan fingerprint density at radius 1 is 0.939 bits per heavy atom. The summed E-state index contributed by atoms with van der Waals surface area (Å²) in [5.41, 5.74) is 0.990. The maximum Gasteiger partial charge on any atom is 0.275 e. The number of rotatable bonds is 6. The van der Waals surface area contributed by atoms with Gasteiger partial charge in [-0.15, -0.1) is 11.3 Å². The van der Waals surface area contributed by atoms with Gasteiger partial charge >= 0.3 is 0 Å². The second-order valence-electron chi connectivity index (χ2n) is 8.49. The summed E-state index contributed by atoms with van der Waals surface area (Å²) < 4.78 is 57.1. The van der Waals surface area contributed by atoms with Gasteiger partial charge in [-0.05, 0) is 41.5 Å². The summed E-state index contributed by atoms with van der Waals surface area (Å²) in [6.07, 6.45) is 0.801. The van der Waals surface area contributed by atoms with Crippen LogP contribution in [0.15, 0.2) is 69.0 Å². The third kappa shape index (κ3) is 4.37. The molecule has 0 saturated carbocycles. The first-order valence-electron chi connectivity index (χ1n) is 10.5. The van der Waals surface area contributed by atoms with Crippen molar-refractivity contribution in [2.45, 2.75) is 28.8 Å². The number of fused-ring (bicyclic) bond motifs is 4. The van der Waals surface area contributed by atoms with Gasteiger partial charge in [0.25, 0.3) is 15.6 Å². The summed E-state index contributed by atoms with van der Waals surface area (Å²) in [6.45, 7) is 0.997. The maximum atomic E-state index is 13.1. The van der Waals surface area contributed by atoms with Crippen LogP contribution in [-0.4, -0.2) is 38.8 Å². The molecule has 2 bridgehead atoms. The molecule has 2 unspecified atom stereocenters. The predicted octanol–water partition coefficient (Wildman–Crippen LogP) is 2.66. The number of hydrogen-bond acceptors (Lipinski definition) is 6. The predicted molar refractivity (Wildman–Crippen MR) is 127 cm³/mol. The van der Waals surface area contributed by atoms with Crippen molar-refractivity contribution >= 4 is 37.1 Å². The van der Waals surface area contributed by atoms with Gasteiger partial charge in [0, 0.05) is 31.2 Å². The molecule has 3 aromatic rings. The zero-order chi connectivity index (χ0) is 23.2. The Morgan fingerprint density at radius 3 is 2.45 bits per heavy atom. The smallest absolute Gasteiger partial charge is 0.275 e. The minimum Gasteiger partial charge on any atom is -0.310 e. The molecule has 0 aliphatic carbocycles. The summed E-state index contributed by atoms with van der Waals surface area (Å²) in [6, 6.07) is 15.3. The van der Waals surface area contributed by atoms with E-state index in [4.69, 9.17) is 0 Å². The minimum absolute atomic E-state index is 0.0118. The Morgan fingerprint density at radius 2 is 1.73 bits per heavy atom. The molecule has 4 heterocycles. The van der Waals surface area contributed by atoms with Gasteiger partial charge in [0.15, 0.2) is 0 Å². The van der Waals surface area contributed by atoms with Crippen molar-refractivity contribution in [3.8, 4) is 0 Å². The fraction of sp³-hybridized carbons (Fsp3) is 0.318. The lowest BCUT2D eigenvalue weighted by atomic mass is 9.84. The minimum atomic E-state index is -3.76. The van der Waals surface area contributed by atoms with Gasteiger partial charge in [-0.2, -0.15) is 4.31 Å². The summed E-state index contributed by atoms with van der Waals surface area (Å²) in [4.78, 5) is 13.1. The standard InChI is InChI=1S/C22H23N3O5S3/c26-22-19(23-32(27,28)15-16-5-2-1-3-6-16)8-9-20-18-11-17(13-25(20)22)12-24(14-18)33(29,30)21-7-4-10-31-21/h1-10,17-18,23H,11-15H2. The van der Waals surface area contributed by atoms with Crippen LogP contribution in [0.5, 0.6) is 0 Å². The van der Waals surface area contributed by atoms with E-state index in [9.17, 15) is 21.6 Å². The molecule has 33 heavy (non-hydrogen) atoms. The molecule has 0 amide bonds. The summed E-state index contributed by atoms with van der Waals surface area (Å²) >= 11 is 1.20. The second-order valence-corrected chi connectivity index (χ2v) is 13.3. The van der Waals surface area contributed by atoms with Crippen LogP contribution in [0.3, 0.4) is 0 Å². The summed E-state index contributed by atoms with van der Waals surface area (Å²) in [7, 11) is -7.32. The van der Waals surface area contributed by atoms with Gasteiger partial charge in [0.2, 0.25) is 10.0 Å². The van der Waals surface area contributed by atoms with Crippen molar-refractivity contribution in [2.24, 2.45) is 5.92 Å². The van der Waals surface area contributed by atoms with E-state index in [1.807, 2.05) is 6.07 Å². The third-order valence-electron chi connectivity index (χ3n) is 6.12. The van der Waals surface area contributed by atoms with Gasteiger partial charge < -0.3 is 4.57 Å². The van der Waals surface area contributed by atoms with Gasteiger partial charge in [-0.3, -0.25) is 9.52 Å². The van der Waals surface area contributed by atoms with Crippen LogP contribution in [0.1, 0.15) is 23.6 Å². The molecule has 174 valence electrons. The third-order valence-corrected chi connectivity index (χ3v) is 10.6. The summed E-state index contributed by atoms with van der Waals surface area (Å²) in [5.74, 6) is -0.356. The highest BCUT2D eigenvalue weighted by Gasteiger charge is 2.40. The number of anilines is 1. The Kier molecular flexibility index (Phi) is 5.68. The van der Waals surface area contributed by atoms with Crippen molar-refractivity contribution in [3.63, 3.8) is 0 Å². The number of hydrogen-bond donors (Lipinski definition) is 1. The molecule has 1 saturated heterocycles. The lowest BCUT2D eigenvalue weighted by Crippen LogP contribution is -2.49. The second kappa shape index (κ2) is 8.39. The van der Waals surface area contributed by atoms with Gasteiger partial charge in [-0.25, -0.2) is 16.8 Å². The molecule has 8 nitrogen and oxygen atoms in total. The van der Waals surface area contributed by atoms with Gasteiger partial charge in [0.05, 0.1) is 5.75 Å². The van der Waals surface area contributed by atoms with E-state index in [2.05, 4.69) is 4.72 Å². The normalized spacial score (nSPS) is 20.8. The molecule has 0 spiro atoms. The van der Waals surface area contributed by atoms with Crippen LogP contribution >= 0.6 is 11.3 Å². The highest BCUT2D eigenvalue weighted by atomic mass is 32.2. The summed E-state index contributed by atoms with van der Waals surface area (Å²) in [5, 5.41) is 1.74. The number of thiophene rings is 1. The first-order valence-corrected chi connectivity index (χ1v) is 14.5. The Labute approximate surface area is 196 Å². The number of aromatic nitrogens is 1. The van der Waals surface area contributed by atoms with Gasteiger partial charge in [-0.1, -0.05) is 36.4 Å². The molecule has 0 radical (unpaired) electrons. The van der Waals surface area contributed by atoms with Crippen LogP contribution in [-0.2, 0) is 32.3 Å². The molecular formula is C22H23N3O5S3. The van der Waals surface area contributed by atoms with Crippen molar-refractivity contribution in [1.29, 1.82) is 0 Å². The fourth-order valence-electron chi connectivity index (χ4n) is 4.71. The molecule has 2 atom stereocenters. The lowest BCUT2D eigenvalue weighted by molar-refractivity contribution is 0.186. The van der Waals surface area contributed by atoms with Crippen molar-refractivity contribution in [1.82, 2.24) is 8.87 Å². The maximum absolute atomic E-state index is 13.1. The van der Waals surface area contributed by atoms with Crippen molar-refractivity contribution < 1.29 is 16.8 Å². The molecule has 11 heteroatoms. The number of piperidine rings is 1. The Hall–Kier alpha value is -2.47. The average molecular weight is 506 g/mol. The Bertz CT molecular complexity index is 1430. The molecule has 2 aromatic heterocycles. The number of sulfonamides is 2. The van der Waals surface area contributed by atoms with E-state index in [0.29, 0.717) is 29.4 Å². The van der Waals surface area contributed by atoms with E-state index >= 15 is 0 Å². The number of benzene rings is 1. The highest BCUT2D eigenvalue weighted by Crippen LogP contribution is 2.38. The van der Waals surface area contributed by atoms with E-state index in [1.165, 1.54) is 21.7 Å². The van der Waals surface area contributed by atoms with Gasteiger partial charge in [0.1, 0.15) is 9.90 Å². The zero-order valence-electron chi connectivity index (χ0n) is 17.6. The molecule has 5 rings (SSSR count). The van der Waals surface area contributed by atoms with Crippen LogP contribution < -0.4 is 10.3 Å². The van der Waals surface area contributed by atoms with Crippen molar-refractivity contribution in [3.05, 3.63) is 81.6 Å². The fourth-order valence-corrected chi connectivity index (χ4v) is 8.61. The molecule has 2 aliphatic rings. The van der Waals surface area contributed by atoms with Crippen molar-refractivity contribution in [2.75, 3.05) is 17.8 Å². The van der Waals surface area contributed by atoms with Crippen LogP contribution in [0.4, 0.5) is 5.69 Å². The van der Waals surface area contributed by atoms with Crippen LogP contribution in [0.25, 0.3) is 0 Å². The SMILES string of the molecule is O=c1c(NS(=O)(=O)Cc2ccccc2)ccc2n1CC1CC2CN(S(=O)(=O)c2cccs2)C1. The van der Waals surface area contributed by atoms with Crippen LogP contribution in [0, 0.1) is 5.92 Å². The monoisotopic (exact) mass is 505 g/mol. The first-order chi connectivity index (χ1) is 15.7. The molecular weight excluding hydrogens is 482 g/mol. The van der Waals surface area contributed by atoms with E-state index in [0.717, 1.165) is 12.1 Å². The van der Waals surface area contributed by atoms with E-state index < -0.39 is 25.6 Å². The van der Waals surface area contributed by atoms with Crippen LogP contribution in [0.2, 0.25) is 0 Å².